The van der Waals surface area contributed by atoms with Gasteiger partial charge in [-0.15, -0.1) is 0 Å². The molecule has 0 atom stereocenters. The largest absolute Gasteiger partial charge is 0.495 e. The molecule has 0 spiro atoms. The number of amides is 1. The molecule has 0 saturated carbocycles. The molecule has 1 aromatic rings. The number of halogens is 1. The zero-order valence-corrected chi connectivity index (χ0v) is 13.0. The first-order valence-corrected chi connectivity index (χ1v) is 7.34. The van der Waals surface area contributed by atoms with Crippen molar-refractivity contribution in [3.05, 3.63) is 28.8 Å². The Morgan fingerprint density at radius 2 is 2.09 bits per heavy atom. The summed E-state index contributed by atoms with van der Waals surface area (Å²) in [4.78, 5) is 25.2. The monoisotopic (exact) mass is 327 g/mol. The maximum atomic E-state index is 12.7. The summed E-state index contributed by atoms with van der Waals surface area (Å²) in [5.41, 5.74) is 0.356. The zero-order chi connectivity index (χ0) is 16.1. The molecule has 1 aliphatic rings. The Labute approximate surface area is 133 Å². The molecule has 0 aromatic heterocycles. The number of carboxylic acids is 1. The molecule has 6 nitrogen and oxygen atoms in total. The maximum Gasteiger partial charge on any atom is 0.323 e. The summed E-state index contributed by atoms with van der Waals surface area (Å²) in [6.45, 7) is 0.713. The lowest BCUT2D eigenvalue weighted by Crippen LogP contribution is -2.46. The van der Waals surface area contributed by atoms with Gasteiger partial charge in [-0.25, -0.2) is 0 Å². The highest BCUT2D eigenvalue weighted by Gasteiger charge is 2.28. The Bertz CT molecular complexity index is 557. The van der Waals surface area contributed by atoms with Gasteiger partial charge in [-0.1, -0.05) is 11.6 Å². The molecule has 22 heavy (non-hydrogen) atoms. The van der Waals surface area contributed by atoms with Gasteiger partial charge in [-0.3, -0.25) is 9.59 Å². The van der Waals surface area contributed by atoms with Crippen LogP contribution >= 0.6 is 11.6 Å². The number of aliphatic carboxylic acids is 1. The van der Waals surface area contributed by atoms with Crippen LogP contribution in [0.3, 0.4) is 0 Å². The molecule has 0 aliphatic carbocycles. The first-order chi connectivity index (χ1) is 10.5. The van der Waals surface area contributed by atoms with Crippen LogP contribution in [0.4, 0.5) is 0 Å². The van der Waals surface area contributed by atoms with Crippen LogP contribution in [0, 0.1) is 0 Å². The number of rotatable bonds is 5. The number of methoxy groups -OCH3 is 1. The summed E-state index contributed by atoms with van der Waals surface area (Å²) >= 11 is 5.95. The molecule has 7 heteroatoms. The van der Waals surface area contributed by atoms with Crippen molar-refractivity contribution in [2.75, 3.05) is 26.9 Å². The summed E-state index contributed by atoms with van der Waals surface area (Å²) in [5.74, 6) is -1.00. The van der Waals surface area contributed by atoms with Crippen LogP contribution < -0.4 is 4.74 Å². The zero-order valence-electron chi connectivity index (χ0n) is 12.3. The minimum atomic E-state index is -1.04. The third-order valence-electron chi connectivity index (χ3n) is 3.60. The second-order valence-electron chi connectivity index (χ2n) is 5.02. The van der Waals surface area contributed by atoms with E-state index in [1.807, 2.05) is 0 Å². The first kappa shape index (κ1) is 16.6. The van der Waals surface area contributed by atoms with Crippen LogP contribution in [0.15, 0.2) is 18.2 Å². The lowest BCUT2D eigenvalue weighted by molar-refractivity contribution is -0.138. The van der Waals surface area contributed by atoms with Crippen LogP contribution in [0.1, 0.15) is 23.2 Å². The van der Waals surface area contributed by atoms with E-state index in [4.69, 9.17) is 26.2 Å². The summed E-state index contributed by atoms with van der Waals surface area (Å²) in [7, 11) is 1.46. The molecule has 2 rings (SSSR count). The topological polar surface area (TPSA) is 76.1 Å². The average Bonchev–Trinajstić information content (AvgIpc) is 2.53. The van der Waals surface area contributed by atoms with Crippen LogP contribution in [0.2, 0.25) is 5.02 Å². The molecule has 0 unspecified atom stereocenters. The molecule has 1 N–H and O–H groups in total. The minimum Gasteiger partial charge on any atom is -0.495 e. The number of carbonyl (C=O) groups is 2. The van der Waals surface area contributed by atoms with Gasteiger partial charge in [0.15, 0.2) is 0 Å². The van der Waals surface area contributed by atoms with Crippen LogP contribution in [0.25, 0.3) is 0 Å². The molecule has 1 heterocycles. The van der Waals surface area contributed by atoms with Crippen molar-refractivity contribution in [2.45, 2.75) is 18.9 Å². The number of carbonyl (C=O) groups excluding carboxylic acids is 1. The van der Waals surface area contributed by atoms with Gasteiger partial charge < -0.3 is 19.5 Å². The molecule has 1 aromatic carbocycles. The summed E-state index contributed by atoms with van der Waals surface area (Å²) in [5, 5.41) is 9.48. The average molecular weight is 328 g/mol. The second kappa shape index (κ2) is 7.47. The van der Waals surface area contributed by atoms with Gasteiger partial charge in [0.05, 0.1) is 12.1 Å². The van der Waals surface area contributed by atoms with E-state index >= 15 is 0 Å². The van der Waals surface area contributed by atoms with Crippen molar-refractivity contribution in [3.63, 3.8) is 0 Å². The SMILES string of the molecule is COc1cc(C(=O)N(CC(=O)O)C2CCOCC2)ccc1Cl. The second-order valence-corrected chi connectivity index (χ2v) is 5.43. The fraction of sp³-hybridized carbons (Fsp3) is 0.467. The van der Waals surface area contributed by atoms with Gasteiger partial charge >= 0.3 is 5.97 Å². The molecule has 0 radical (unpaired) electrons. The molecule has 1 saturated heterocycles. The van der Waals surface area contributed by atoms with Crippen molar-refractivity contribution in [3.8, 4) is 5.75 Å². The molecule has 1 aliphatic heterocycles. The van der Waals surface area contributed by atoms with E-state index in [0.717, 1.165) is 0 Å². The van der Waals surface area contributed by atoms with Crippen LogP contribution in [-0.4, -0.2) is 54.8 Å². The predicted molar refractivity (Wildman–Crippen MR) is 80.5 cm³/mol. The van der Waals surface area contributed by atoms with Gasteiger partial charge in [-0.05, 0) is 31.0 Å². The smallest absolute Gasteiger partial charge is 0.323 e. The summed E-state index contributed by atoms with van der Waals surface area (Å²) in [6.07, 6.45) is 1.26. The Morgan fingerprint density at radius 1 is 1.41 bits per heavy atom. The molecule has 1 amide bonds. The highest BCUT2D eigenvalue weighted by atomic mass is 35.5. The standard InChI is InChI=1S/C15H18ClNO5/c1-21-13-8-10(2-3-12(13)16)15(20)17(9-14(18)19)11-4-6-22-7-5-11/h2-3,8,11H,4-7,9H2,1H3,(H,18,19). The Kier molecular flexibility index (Phi) is 5.63. The van der Waals surface area contributed by atoms with Gasteiger partial charge in [0.1, 0.15) is 12.3 Å². The van der Waals surface area contributed by atoms with Crippen molar-refractivity contribution in [1.29, 1.82) is 0 Å². The molecular formula is C15H18ClNO5. The van der Waals surface area contributed by atoms with Gasteiger partial charge in [0.25, 0.3) is 5.91 Å². The van der Waals surface area contributed by atoms with Crippen molar-refractivity contribution in [2.24, 2.45) is 0 Å². The van der Waals surface area contributed by atoms with Gasteiger partial charge in [-0.2, -0.15) is 0 Å². The van der Waals surface area contributed by atoms with Gasteiger partial charge in [0, 0.05) is 24.8 Å². The predicted octanol–water partition coefficient (Wildman–Crippen LogP) is 2.05. The maximum absolute atomic E-state index is 12.7. The number of ether oxygens (including phenoxy) is 2. The first-order valence-electron chi connectivity index (χ1n) is 6.97. The Morgan fingerprint density at radius 3 is 2.68 bits per heavy atom. The third kappa shape index (κ3) is 3.90. The number of nitrogens with zero attached hydrogens (tertiary/aromatic N) is 1. The fourth-order valence-electron chi connectivity index (χ4n) is 2.47. The highest BCUT2D eigenvalue weighted by molar-refractivity contribution is 6.32. The summed E-state index contributed by atoms with van der Waals surface area (Å²) < 4.78 is 10.4. The van der Waals surface area contributed by atoms with E-state index in [9.17, 15) is 9.59 Å². The third-order valence-corrected chi connectivity index (χ3v) is 3.91. The van der Waals surface area contributed by atoms with Crippen molar-refractivity contribution >= 4 is 23.5 Å². The van der Waals surface area contributed by atoms with E-state index in [-0.39, 0.29) is 18.5 Å². The molecule has 0 bridgehead atoms. The van der Waals surface area contributed by atoms with Crippen LogP contribution in [0.5, 0.6) is 5.75 Å². The quantitative estimate of drug-likeness (QED) is 0.895. The molecular weight excluding hydrogens is 310 g/mol. The lowest BCUT2D eigenvalue weighted by atomic mass is 10.1. The minimum absolute atomic E-state index is 0.140. The number of hydrogen-bond donors (Lipinski definition) is 1. The molecule has 1 fully saturated rings. The van der Waals surface area contributed by atoms with Gasteiger partial charge in [0.2, 0.25) is 0 Å². The highest BCUT2D eigenvalue weighted by Crippen LogP contribution is 2.26. The normalized spacial score (nSPS) is 15.4. The van der Waals surface area contributed by atoms with E-state index in [1.54, 1.807) is 12.1 Å². The summed E-state index contributed by atoms with van der Waals surface area (Å²) in [6, 6.07) is 4.52. The lowest BCUT2D eigenvalue weighted by Gasteiger charge is -2.33. The molecule has 120 valence electrons. The van der Waals surface area contributed by atoms with Crippen LogP contribution in [-0.2, 0) is 9.53 Å². The van der Waals surface area contributed by atoms with Crippen molar-refractivity contribution in [1.82, 2.24) is 4.90 Å². The number of carboxylic acid groups (broad SMARTS) is 1. The number of hydrogen-bond acceptors (Lipinski definition) is 4. The number of benzene rings is 1. The van der Waals surface area contributed by atoms with E-state index in [2.05, 4.69) is 0 Å². The van der Waals surface area contributed by atoms with E-state index < -0.39 is 5.97 Å². The Balaban J connectivity index is 2.25. The Hall–Kier alpha value is -1.79. The van der Waals surface area contributed by atoms with E-state index in [1.165, 1.54) is 18.1 Å². The fourth-order valence-corrected chi connectivity index (χ4v) is 2.66. The van der Waals surface area contributed by atoms with Crippen molar-refractivity contribution < 1.29 is 24.2 Å². The van der Waals surface area contributed by atoms with E-state index in [0.29, 0.717) is 42.4 Å².